The minimum Gasteiger partial charge on any atom is -0.315 e. The van der Waals surface area contributed by atoms with Gasteiger partial charge in [0.25, 0.3) is 0 Å². The van der Waals surface area contributed by atoms with Gasteiger partial charge in [-0.1, -0.05) is 29.8 Å². The van der Waals surface area contributed by atoms with Crippen molar-refractivity contribution in [2.45, 2.75) is 27.1 Å². The average molecular weight is 357 g/mol. The molecule has 1 atom stereocenters. The molecule has 4 nitrogen and oxygen atoms in total. The van der Waals surface area contributed by atoms with Gasteiger partial charge in [-0.3, -0.25) is 4.57 Å². The highest BCUT2D eigenvalue weighted by Crippen LogP contribution is 2.12. The first-order chi connectivity index (χ1) is 11.9. The molecule has 1 N–H and O–H groups in total. The molecular formula is C19H22FN4S+. The molecular weight excluding hydrogens is 335 g/mol. The maximum Gasteiger partial charge on any atom is 0.207 e. The molecule has 1 heterocycles. The molecule has 3 rings (SSSR count). The van der Waals surface area contributed by atoms with Crippen LogP contribution < -0.4 is 4.90 Å². The van der Waals surface area contributed by atoms with E-state index in [0.29, 0.717) is 18.0 Å². The summed E-state index contributed by atoms with van der Waals surface area (Å²) in [7, 11) is 2.05. The zero-order chi connectivity index (χ0) is 18.0. The second-order valence-electron chi connectivity index (χ2n) is 6.42. The van der Waals surface area contributed by atoms with E-state index in [-0.39, 0.29) is 5.82 Å². The number of nitrogens with one attached hydrogen (secondary N) is 1. The fourth-order valence-corrected chi connectivity index (χ4v) is 3.26. The maximum atomic E-state index is 13.3. The smallest absolute Gasteiger partial charge is 0.207 e. The van der Waals surface area contributed by atoms with E-state index < -0.39 is 0 Å². The number of benzene rings is 2. The molecule has 25 heavy (non-hydrogen) atoms. The third-order valence-electron chi connectivity index (χ3n) is 4.11. The first-order valence-electron chi connectivity index (χ1n) is 8.23. The standard InChI is InChI=1S/C19H21FN4S/c1-14-7-9-18(10-8-14)24-15(2)21-23(19(24)25)13-22(3)12-16-5-4-6-17(20)11-16/h4-11H,12-13H2,1-3H3/p+1. The van der Waals surface area contributed by atoms with Gasteiger partial charge in [-0.05, 0) is 50.3 Å². The molecule has 0 fully saturated rings. The van der Waals surface area contributed by atoms with Crippen LogP contribution in [0.5, 0.6) is 0 Å². The molecule has 2 aromatic carbocycles. The van der Waals surface area contributed by atoms with Crippen LogP contribution >= 0.6 is 12.2 Å². The molecule has 6 heteroatoms. The second kappa shape index (κ2) is 7.29. The van der Waals surface area contributed by atoms with Crippen LogP contribution in [0.15, 0.2) is 48.5 Å². The van der Waals surface area contributed by atoms with Gasteiger partial charge < -0.3 is 4.90 Å². The molecule has 1 aromatic heterocycles. The number of quaternary nitrogens is 1. The molecule has 3 aromatic rings. The third kappa shape index (κ3) is 4.03. The van der Waals surface area contributed by atoms with Crippen LogP contribution in [-0.4, -0.2) is 21.4 Å². The van der Waals surface area contributed by atoms with Crippen molar-refractivity contribution in [1.29, 1.82) is 0 Å². The van der Waals surface area contributed by atoms with E-state index >= 15 is 0 Å². The SMILES string of the molecule is Cc1ccc(-n2c(C)nn(C[NH+](C)Cc3cccc(F)c3)c2=S)cc1. The van der Waals surface area contributed by atoms with E-state index in [1.165, 1.54) is 16.5 Å². The Labute approximate surface area is 152 Å². The Hall–Kier alpha value is -2.31. The van der Waals surface area contributed by atoms with Gasteiger partial charge in [0.1, 0.15) is 18.2 Å². The van der Waals surface area contributed by atoms with Crippen molar-refractivity contribution in [1.82, 2.24) is 14.3 Å². The third-order valence-corrected chi connectivity index (χ3v) is 4.50. The van der Waals surface area contributed by atoms with Gasteiger partial charge in [-0.15, -0.1) is 0 Å². The zero-order valence-corrected chi connectivity index (χ0v) is 15.5. The van der Waals surface area contributed by atoms with Crippen LogP contribution in [0.2, 0.25) is 0 Å². The largest absolute Gasteiger partial charge is 0.315 e. The van der Waals surface area contributed by atoms with Crippen LogP contribution in [0, 0.1) is 24.4 Å². The van der Waals surface area contributed by atoms with Gasteiger partial charge in [-0.25, -0.2) is 4.39 Å². The highest BCUT2D eigenvalue weighted by molar-refractivity contribution is 7.71. The topological polar surface area (TPSA) is 27.2 Å². The monoisotopic (exact) mass is 357 g/mol. The fourth-order valence-electron chi connectivity index (χ4n) is 2.92. The van der Waals surface area contributed by atoms with Crippen molar-refractivity contribution in [3.8, 4) is 5.69 Å². The highest BCUT2D eigenvalue weighted by Gasteiger charge is 2.12. The van der Waals surface area contributed by atoms with Crippen molar-refractivity contribution in [2.75, 3.05) is 7.05 Å². The van der Waals surface area contributed by atoms with Gasteiger partial charge >= 0.3 is 0 Å². The number of rotatable bonds is 5. The Balaban J connectivity index is 1.80. The minimum absolute atomic E-state index is 0.207. The van der Waals surface area contributed by atoms with E-state index in [2.05, 4.69) is 24.2 Å². The average Bonchev–Trinajstić information content (AvgIpc) is 2.82. The Morgan fingerprint density at radius 1 is 1.12 bits per heavy atom. The molecule has 0 radical (unpaired) electrons. The number of aromatic nitrogens is 3. The summed E-state index contributed by atoms with van der Waals surface area (Å²) in [4.78, 5) is 1.18. The van der Waals surface area contributed by atoms with Crippen molar-refractivity contribution in [2.24, 2.45) is 0 Å². The lowest BCUT2D eigenvalue weighted by Crippen LogP contribution is -3.07. The number of nitrogens with zero attached hydrogens (tertiary/aromatic N) is 3. The van der Waals surface area contributed by atoms with Gasteiger partial charge in [0.05, 0.1) is 7.05 Å². The summed E-state index contributed by atoms with van der Waals surface area (Å²) in [5.74, 6) is 0.647. The van der Waals surface area contributed by atoms with Gasteiger partial charge in [0.2, 0.25) is 4.77 Å². The first-order valence-corrected chi connectivity index (χ1v) is 8.64. The first kappa shape index (κ1) is 17.5. The Kier molecular flexibility index (Phi) is 5.11. The fraction of sp³-hybridized carbons (Fsp3) is 0.263. The van der Waals surface area contributed by atoms with Crippen molar-refractivity contribution in [3.05, 3.63) is 76.1 Å². The maximum absolute atomic E-state index is 13.3. The Morgan fingerprint density at radius 3 is 2.52 bits per heavy atom. The molecule has 0 saturated carbocycles. The molecule has 1 unspecified atom stereocenters. The number of hydrogen-bond donors (Lipinski definition) is 1. The predicted octanol–water partition coefficient (Wildman–Crippen LogP) is 2.83. The van der Waals surface area contributed by atoms with Gasteiger partial charge in [0.15, 0.2) is 6.67 Å². The number of hydrogen-bond acceptors (Lipinski definition) is 2. The lowest BCUT2D eigenvalue weighted by Gasteiger charge is -2.13. The van der Waals surface area contributed by atoms with Crippen LogP contribution in [0.1, 0.15) is 17.0 Å². The summed E-state index contributed by atoms with van der Waals surface area (Å²) in [6.45, 7) is 5.34. The van der Waals surface area contributed by atoms with Crippen LogP contribution in [-0.2, 0) is 13.2 Å². The van der Waals surface area contributed by atoms with Crippen LogP contribution in [0.3, 0.4) is 0 Å². The molecule has 0 amide bonds. The molecule has 0 aliphatic rings. The molecule has 0 spiro atoms. The Morgan fingerprint density at radius 2 is 1.84 bits per heavy atom. The number of halogens is 1. The Bertz CT molecular complexity index is 927. The lowest BCUT2D eigenvalue weighted by atomic mass is 10.2. The minimum atomic E-state index is -0.207. The molecule has 0 aliphatic heterocycles. The van der Waals surface area contributed by atoms with Gasteiger partial charge in [0, 0.05) is 11.3 Å². The summed E-state index contributed by atoms with van der Waals surface area (Å²) in [6, 6.07) is 14.9. The summed E-state index contributed by atoms with van der Waals surface area (Å²) in [6.07, 6.45) is 0. The zero-order valence-electron chi connectivity index (χ0n) is 14.7. The van der Waals surface area contributed by atoms with E-state index in [0.717, 1.165) is 17.1 Å². The summed E-state index contributed by atoms with van der Waals surface area (Å²) < 4.78 is 17.8. The lowest BCUT2D eigenvalue weighted by molar-refractivity contribution is -0.917. The van der Waals surface area contributed by atoms with Gasteiger partial charge in [-0.2, -0.15) is 9.78 Å². The van der Waals surface area contributed by atoms with Crippen LogP contribution in [0.4, 0.5) is 4.39 Å². The van der Waals surface area contributed by atoms with Crippen molar-refractivity contribution < 1.29 is 9.29 Å². The van der Waals surface area contributed by atoms with Crippen molar-refractivity contribution in [3.63, 3.8) is 0 Å². The summed E-state index contributed by atoms with van der Waals surface area (Å²) >= 11 is 5.62. The highest BCUT2D eigenvalue weighted by atomic mass is 32.1. The predicted molar refractivity (Wildman–Crippen MR) is 98.9 cm³/mol. The normalized spacial score (nSPS) is 12.3. The van der Waals surface area contributed by atoms with E-state index in [4.69, 9.17) is 12.2 Å². The number of aryl methyl sites for hydroxylation is 2. The molecule has 130 valence electrons. The van der Waals surface area contributed by atoms with E-state index in [1.54, 1.807) is 12.1 Å². The molecule has 0 saturated heterocycles. The molecule has 0 aliphatic carbocycles. The second-order valence-corrected chi connectivity index (χ2v) is 6.79. The summed E-state index contributed by atoms with van der Waals surface area (Å²) in [5.41, 5.74) is 3.18. The summed E-state index contributed by atoms with van der Waals surface area (Å²) in [5, 5.41) is 4.59. The van der Waals surface area contributed by atoms with E-state index in [9.17, 15) is 4.39 Å². The molecule has 0 bridgehead atoms. The van der Waals surface area contributed by atoms with Crippen molar-refractivity contribution >= 4 is 12.2 Å². The quantitative estimate of drug-likeness (QED) is 0.711. The van der Waals surface area contributed by atoms with Crippen LogP contribution in [0.25, 0.3) is 5.69 Å². The van der Waals surface area contributed by atoms with E-state index in [1.807, 2.05) is 41.4 Å².